The molecule has 4 nitrogen and oxygen atoms in total. The van der Waals surface area contributed by atoms with Gasteiger partial charge in [0.25, 0.3) is 0 Å². The molecule has 3 aliphatic rings. The van der Waals surface area contributed by atoms with Crippen LogP contribution in [0.3, 0.4) is 0 Å². The van der Waals surface area contributed by atoms with E-state index >= 15 is 0 Å². The van der Waals surface area contributed by atoms with Gasteiger partial charge in [-0.15, -0.1) is 23.2 Å². The molecule has 1 aromatic rings. The van der Waals surface area contributed by atoms with Crippen molar-refractivity contribution in [2.75, 3.05) is 24.8 Å². The van der Waals surface area contributed by atoms with Crippen LogP contribution in [0, 0.1) is 17.3 Å². The Morgan fingerprint density at radius 2 is 1.97 bits per heavy atom. The third-order valence-corrected chi connectivity index (χ3v) is 8.16. The number of rotatable bonds is 5. The van der Waals surface area contributed by atoms with Crippen LogP contribution in [0.4, 0.5) is 4.79 Å². The summed E-state index contributed by atoms with van der Waals surface area (Å²) >= 11 is 11.6. The van der Waals surface area contributed by atoms with Crippen molar-refractivity contribution in [1.82, 2.24) is 4.90 Å². The van der Waals surface area contributed by atoms with E-state index < -0.39 is 6.09 Å². The highest BCUT2D eigenvalue weighted by molar-refractivity contribution is 6.18. The fraction of sp³-hybridized carbons (Fsp3) is 0.696. The first kappa shape index (κ1) is 21.3. The second-order valence-electron chi connectivity index (χ2n) is 9.15. The summed E-state index contributed by atoms with van der Waals surface area (Å²) in [6.45, 7) is 3.15. The van der Waals surface area contributed by atoms with Crippen LogP contribution >= 0.6 is 23.2 Å². The average Bonchev–Trinajstić information content (AvgIpc) is 3.02. The van der Waals surface area contributed by atoms with E-state index in [0.717, 1.165) is 38.5 Å². The first-order valence-corrected chi connectivity index (χ1v) is 11.9. The first-order valence-electron chi connectivity index (χ1n) is 10.9. The topological polar surface area (TPSA) is 49.8 Å². The van der Waals surface area contributed by atoms with E-state index in [2.05, 4.69) is 13.0 Å². The SMILES string of the molecule is C[C@@]12CCC3c4ccc(OC(=O)N(CCCl)CCCl)cc4CC[C@@H]3C1CC[C@H]2O. The van der Waals surface area contributed by atoms with Crippen LogP contribution in [-0.2, 0) is 6.42 Å². The summed E-state index contributed by atoms with van der Waals surface area (Å²) in [6, 6.07) is 6.13. The van der Waals surface area contributed by atoms with Crippen molar-refractivity contribution < 1.29 is 14.6 Å². The Kier molecular flexibility index (Phi) is 6.34. The van der Waals surface area contributed by atoms with Gasteiger partial charge in [-0.05, 0) is 85.0 Å². The van der Waals surface area contributed by atoms with Crippen LogP contribution in [0.15, 0.2) is 18.2 Å². The lowest BCUT2D eigenvalue weighted by atomic mass is 9.55. The maximum Gasteiger partial charge on any atom is 0.415 e. The summed E-state index contributed by atoms with van der Waals surface area (Å²) < 4.78 is 5.62. The second-order valence-corrected chi connectivity index (χ2v) is 9.90. The molecule has 3 aliphatic carbocycles. The van der Waals surface area contributed by atoms with Gasteiger partial charge in [0.2, 0.25) is 0 Å². The second kappa shape index (κ2) is 8.64. The number of halogens is 2. The van der Waals surface area contributed by atoms with E-state index in [1.54, 1.807) is 4.90 Å². The maximum absolute atomic E-state index is 12.4. The van der Waals surface area contributed by atoms with Crippen LogP contribution in [-0.4, -0.2) is 47.1 Å². The molecular formula is C23H31Cl2NO3. The van der Waals surface area contributed by atoms with Crippen molar-refractivity contribution in [3.05, 3.63) is 29.3 Å². The molecule has 0 heterocycles. The maximum atomic E-state index is 12.4. The predicted molar refractivity (Wildman–Crippen MR) is 116 cm³/mol. The molecule has 5 atom stereocenters. The third-order valence-electron chi connectivity index (χ3n) is 7.82. The van der Waals surface area contributed by atoms with Crippen LogP contribution in [0.5, 0.6) is 5.75 Å². The number of hydrogen-bond donors (Lipinski definition) is 1. The van der Waals surface area contributed by atoms with Gasteiger partial charge in [0.15, 0.2) is 0 Å². The Labute approximate surface area is 183 Å². The monoisotopic (exact) mass is 439 g/mol. The smallest absolute Gasteiger partial charge is 0.410 e. The standard InChI is InChI=1S/C23H31Cl2NO3/c1-23-9-8-18-17-5-3-16(29-22(28)26(12-10-24)13-11-25)14-15(17)2-4-19(18)20(23)6-7-21(23)27/h3,5,14,18-21,27H,2,4,6-13H2,1H3/t18?,19-,20?,21+,23+/m0/s1. The molecule has 1 aromatic carbocycles. The number of carbonyl (C=O) groups is 1. The summed E-state index contributed by atoms with van der Waals surface area (Å²) in [4.78, 5) is 14.0. The van der Waals surface area contributed by atoms with Crippen LogP contribution in [0.25, 0.3) is 0 Å². The highest BCUT2D eigenvalue weighted by atomic mass is 35.5. The fourth-order valence-electron chi connectivity index (χ4n) is 6.26. The number of aliphatic hydroxyl groups excluding tert-OH is 1. The quantitative estimate of drug-likeness (QED) is 0.642. The minimum atomic E-state index is -0.395. The Morgan fingerprint density at radius 1 is 1.21 bits per heavy atom. The lowest BCUT2D eigenvalue weighted by Gasteiger charge is -2.50. The van der Waals surface area contributed by atoms with Crippen molar-refractivity contribution in [2.24, 2.45) is 17.3 Å². The number of alkyl halides is 2. The Hall–Kier alpha value is -0.970. The molecule has 1 amide bonds. The van der Waals surface area contributed by atoms with Gasteiger partial charge in [-0.2, -0.15) is 0 Å². The normalized spacial score (nSPS) is 32.8. The van der Waals surface area contributed by atoms with Gasteiger partial charge in [-0.25, -0.2) is 4.79 Å². The molecule has 0 saturated heterocycles. The molecule has 0 spiro atoms. The molecule has 4 rings (SSSR count). The number of benzene rings is 1. The number of amides is 1. The zero-order valence-electron chi connectivity index (χ0n) is 17.1. The molecule has 2 fully saturated rings. The number of hydrogen-bond acceptors (Lipinski definition) is 3. The van der Waals surface area contributed by atoms with Gasteiger partial charge < -0.3 is 14.7 Å². The molecule has 0 aromatic heterocycles. The number of aryl methyl sites for hydroxylation is 1. The van der Waals surface area contributed by atoms with E-state index in [9.17, 15) is 9.90 Å². The van der Waals surface area contributed by atoms with E-state index in [1.807, 2.05) is 12.1 Å². The Morgan fingerprint density at radius 3 is 2.69 bits per heavy atom. The summed E-state index contributed by atoms with van der Waals surface area (Å²) in [6.07, 6.45) is 5.98. The highest BCUT2D eigenvalue weighted by Gasteiger charge is 2.54. The molecule has 29 heavy (non-hydrogen) atoms. The lowest BCUT2D eigenvalue weighted by Crippen LogP contribution is -2.43. The molecule has 0 radical (unpaired) electrons. The molecule has 0 aliphatic heterocycles. The summed E-state index contributed by atoms with van der Waals surface area (Å²) in [5, 5.41) is 10.5. The number of nitrogens with zero attached hydrogens (tertiary/aromatic N) is 1. The van der Waals surface area contributed by atoms with Gasteiger partial charge in [-0.3, -0.25) is 0 Å². The van der Waals surface area contributed by atoms with Crippen molar-refractivity contribution in [3.63, 3.8) is 0 Å². The Balaban J connectivity index is 1.49. The number of aliphatic hydroxyl groups is 1. The molecule has 2 unspecified atom stereocenters. The largest absolute Gasteiger partial charge is 0.415 e. The van der Waals surface area contributed by atoms with Crippen molar-refractivity contribution in [2.45, 2.75) is 57.5 Å². The van der Waals surface area contributed by atoms with Crippen molar-refractivity contribution in [3.8, 4) is 5.75 Å². The molecule has 160 valence electrons. The third kappa shape index (κ3) is 3.88. The van der Waals surface area contributed by atoms with Gasteiger partial charge in [0.05, 0.1) is 6.10 Å². The molecular weight excluding hydrogens is 409 g/mol. The number of fused-ring (bicyclic) bond motifs is 5. The van der Waals surface area contributed by atoms with Gasteiger partial charge in [0, 0.05) is 24.8 Å². The predicted octanol–water partition coefficient (Wildman–Crippen LogP) is 5.18. The molecule has 2 saturated carbocycles. The zero-order chi connectivity index (χ0) is 20.6. The van der Waals surface area contributed by atoms with E-state index in [-0.39, 0.29) is 11.5 Å². The van der Waals surface area contributed by atoms with Crippen LogP contribution < -0.4 is 4.74 Å². The fourth-order valence-corrected chi connectivity index (χ4v) is 6.67. The van der Waals surface area contributed by atoms with Crippen molar-refractivity contribution in [1.29, 1.82) is 0 Å². The number of carbonyl (C=O) groups excluding carboxylic acids is 1. The number of ether oxygens (including phenoxy) is 1. The summed E-state index contributed by atoms with van der Waals surface area (Å²) in [5.41, 5.74) is 2.82. The summed E-state index contributed by atoms with van der Waals surface area (Å²) in [5.74, 6) is 3.16. The van der Waals surface area contributed by atoms with Crippen molar-refractivity contribution >= 4 is 29.3 Å². The average molecular weight is 440 g/mol. The van der Waals surface area contributed by atoms with Gasteiger partial charge in [0.1, 0.15) is 5.75 Å². The zero-order valence-corrected chi connectivity index (χ0v) is 18.6. The van der Waals surface area contributed by atoms with Gasteiger partial charge >= 0.3 is 6.09 Å². The first-order chi connectivity index (χ1) is 14.0. The van der Waals surface area contributed by atoms with Crippen LogP contribution in [0.1, 0.15) is 56.1 Å². The van der Waals surface area contributed by atoms with E-state index in [0.29, 0.717) is 48.4 Å². The van der Waals surface area contributed by atoms with Crippen LogP contribution in [0.2, 0.25) is 0 Å². The van der Waals surface area contributed by atoms with Gasteiger partial charge in [-0.1, -0.05) is 13.0 Å². The highest BCUT2D eigenvalue weighted by Crippen LogP contribution is 2.60. The van der Waals surface area contributed by atoms with E-state index in [4.69, 9.17) is 27.9 Å². The molecule has 0 bridgehead atoms. The lowest BCUT2D eigenvalue weighted by molar-refractivity contribution is -0.0226. The summed E-state index contributed by atoms with van der Waals surface area (Å²) in [7, 11) is 0. The minimum absolute atomic E-state index is 0.0996. The Bertz CT molecular complexity index is 752. The van der Waals surface area contributed by atoms with E-state index in [1.165, 1.54) is 11.1 Å². The molecule has 6 heteroatoms. The molecule has 1 N–H and O–H groups in total. The minimum Gasteiger partial charge on any atom is -0.410 e.